The summed E-state index contributed by atoms with van der Waals surface area (Å²) < 4.78 is 0. The van der Waals surface area contributed by atoms with Gasteiger partial charge in [-0.25, -0.2) is 0 Å². The van der Waals surface area contributed by atoms with E-state index in [0.29, 0.717) is 25.8 Å². The van der Waals surface area contributed by atoms with Gasteiger partial charge in [-0.05, 0) is 67.9 Å². The number of amides is 5. The zero-order valence-electron chi connectivity index (χ0n) is 30.1. The van der Waals surface area contributed by atoms with Gasteiger partial charge in [0, 0.05) is 38.9 Å². The summed E-state index contributed by atoms with van der Waals surface area (Å²) in [6.45, 7) is 5.56. The van der Waals surface area contributed by atoms with Crippen molar-refractivity contribution in [1.29, 1.82) is 0 Å². The Hall–Kier alpha value is -5.29. The molecule has 3 aromatic rings. The number of carbonyl (C=O) groups excluding carboxylic acids is 5. The van der Waals surface area contributed by atoms with Crippen molar-refractivity contribution in [1.82, 2.24) is 20.9 Å². The van der Waals surface area contributed by atoms with Gasteiger partial charge in [0.05, 0.1) is 0 Å². The van der Waals surface area contributed by atoms with Gasteiger partial charge in [0.2, 0.25) is 29.5 Å². The van der Waals surface area contributed by atoms with Gasteiger partial charge >= 0.3 is 0 Å². The van der Waals surface area contributed by atoms with Crippen LogP contribution in [0.2, 0.25) is 0 Å². The smallest absolute Gasteiger partial charge is 0.245 e. The summed E-state index contributed by atoms with van der Waals surface area (Å²) in [6.07, 6.45) is 5.19. The molecule has 0 aliphatic heterocycles. The molecule has 0 fully saturated rings. The highest BCUT2D eigenvalue weighted by atomic mass is 16.2. The van der Waals surface area contributed by atoms with Crippen LogP contribution in [-0.4, -0.2) is 71.7 Å². The van der Waals surface area contributed by atoms with Crippen LogP contribution in [0, 0.1) is 0 Å². The molecule has 0 saturated heterocycles. The standard InChI is InChI=1S/C40H52N6O5/c1-28(47)43-25-12-11-18-33(37(41)49)45-38(50)35(27-29-14-7-5-8-15-29)46(4)39(51)34(44-36(48)19-13-24-40(2,3)42)26-30-20-22-32(23-21-30)31-16-9-6-10-17-31/h5-10,13-17,19-23,33-35H,11-12,18,24-27,42H2,1-4H3,(H2,41,49)(H,43,47)(H,44,48)(H,45,50)/t33-,34+,35+/m0/s1. The molecule has 0 saturated carbocycles. The number of nitrogens with zero attached hydrogens (tertiary/aromatic N) is 1. The highest BCUT2D eigenvalue weighted by molar-refractivity contribution is 5.96. The van der Waals surface area contributed by atoms with Gasteiger partial charge in [-0.15, -0.1) is 0 Å². The molecule has 3 rings (SSSR count). The third kappa shape index (κ3) is 14.2. The molecule has 7 N–H and O–H groups in total. The number of benzene rings is 3. The summed E-state index contributed by atoms with van der Waals surface area (Å²) in [7, 11) is 1.52. The number of likely N-dealkylation sites (N-methyl/N-ethyl adjacent to an activating group) is 1. The Morgan fingerprint density at radius 2 is 1.37 bits per heavy atom. The van der Waals surface area contributed by atoms with E-state index < -0.39 is 47.3 Å². The lowest BCUT2D eigenvalue weighted by atomic mass is 9.98. The van der Waals surface area contributed by atoms with E-state index in [2.05, 4.69) is 16.0 Å². The molecule has 5 amide bonds. The Bertz CT molecular complexity index is 1620. The van der Waals surface area contributed by atoms with Gasteiger partial charge in [0.1, 0.15) is 18.1 Å². The molecule has 0 spiro atoms. The minimum absolute atomic E-state index is 0.152. The Balaban J connectivity index is 1.87. The first-order valence-electron chi connectivity index (χ1n) is 17.3. The van der Waals surface area contributed by atoms with E-state index in [1.54, 1.807) is 6.08 Å². The van der Waals surface area contributed by atoms with Gasteiger partial charge in [0.15, 0.2) is 0 Å². The molecule has 3 atom stereocenters. The normalized spacial score (nSPS) is 13.1. The molecule has 0 heterocycles. The predicted octanol–water partition coefficient (Wildman–Crippen LogP) is 3.41. The average molecular weight is 697 g/mol. The highest BCUT2D eigenvalue weighted by Crippen LogP contribution is 2.20. The van der Waals surface area contributed by atoms with Crippen molar-refractivity contribution >= 4 is 29.5 Å². The van der Waals surface area contributed by atoms with Crippen LogP contribution in [0.1, 0.15) is 57.6 Å². The monoisotopic (exact) mass is 696 g/mol. The van der Waals surface area contributed by atoms with Crippen molar-refractivity contribution in [2.75, 3.05) is 13.6 Å². The summed E-state index contributed by atoms with van der Waals surface area (Å²) in [5.41, 5.74) is 14.9. The van der Waals surface area contributed by atoms with E-state index >= 15 is 0 Å². The zero-order chi connectivity index (χ0) is 37.4. The van der Waals surface area contributed by atoms with Gasteiger partial charge in [0.25, 0.3) is 0 Å². The van der Waals surface area contributed by atoms with Crippen molar-refractivity contribution < 1.29 is 24.0 Å². The maximum absolute atomic E-state index is 14.3. The molecule has 11 heteroatoms. The lowest BCUT2D eigenvalue weighted by Gasteiger charge is -2.32. The topological polar surface area (TPSA) is 177 Å². The zero-order valence-corrected chi connectivity index (χ0v) is 30.1. The minimum Gasteiger partial charge on any atom is -0.368 e. The number of nitrogens with two attached hydrogens (primary N) is 2. The first-order chi connectivity index (χ1) is 24.2. The fourth-order valence-electron chi connectivity index (χ4n) is 5.52. The molecule has 3 aromatic carbocycles. The van der Waals surface area contributed by atoms with Crippen LogP contribution in [0.4, 0.5) is 0 Å². The third-order valence-electron chi connectivity index (χ3n) is 8.37. The van der Waals surface area contributed by atoms with E-state index in [1.807, 2.05) is 98.8 Å². The second kappa shape index (κ2) is 19.8. The molecule has 0 aliphatic carbocycles. The van der Waals surface area contributed by atoms with Crippen LogP contribution in [0.3, 0.4) is 0 Å². The van der Waals surface area contributed by atoms with Crippen LogP contribution in [-0.2, 0) is 36.8 Å². The molecule has 0 bridgehead atoms. The molecule has 0 aromatic heterocycles. The van der Waals surface area contributed by atoms with Crippen LogP contribution in [0.15, 0.2) is 97.1 Å². The number of primary amides is 1. The third-order valence-corrected chi connectivity index (χ3v) is 8.37. The summed E-state index contributed by atoms with van der Waals surface area (Å²) in [5.74, 6) is -2.36. The maximum atomic E-state index is 14.3. The Morgan fingerprint density at radius 3 is 1.96 bits per heavy atom. The van der Waals surface area contributed by atoms with E-state index in [4.69, 9.17) is 11.5 Å². The Kier molecular flexibility index (Phi) is 15.6. The molecule has 0 unspecified atom stereocenters. The number of carbonyl (C=O) groups is 5. The Morgan fingerprint density at radius 1 is 0.784 bits per heavy atom. The van der Waals surface area contributed by atoms with E-state index in [0.717, 1.165) is 22.3 Å². The van der Waals surface area contributed by atoms with Crippen molar-refractivity contribution in [2.24, 2.45) is 11.5 Å². The SMILES string of the molecule is CC(=O)NCCCC[C@H](NC(=O)[C@@H](Cc1ccccc1)N(C)C(=O)[C@@H](Cc1ccc(-c2ccccc2)cc1)NC(=O)C=CCC(C)(C)N)C(N)=O. The number of rotatable bonds is 19. The molecular formula is C40H52N6O5. The number of nitrogens with one attached hydrogen (secondary N) is 3. The summed E-state index contributed by atoms with van der Waals surface area (Å²) in [4.78, 5) is 66.3. The largest absolute Gasteiger partial charge is 0.368 e. The average Bonchev–Trinajstić information content (AvgIpc) is 3.09. The van der Waals surface area contributed by atoms with Gasteiger partial charge in [-0.2, -0.15) is 0 Å². The summed E-state index contributed by atoms with van der Waals surface area (Å²) in [6, 6.07) is 23.9. The lowest BCUT2D eigenvalue weighted by molar-refractivity contribution is -0.142. The molecular weight excluding hydrogens is 644 g/mol. The van der Waals surface area contributed by atoms with Crippen LogP contribution >= 0.6 is 0 Å². The van der Waals surface area contributed by atoms with Gasteiger partial charge < -0.3 is 32.3 Å². The van der Waals surface area contributed by atoms with Crippen LogP contribution in [0.5, 0.6) is 0 Å². The first kappa shape index (κ1) is 40.1. The molecule has 272 valence electrons. The number of unbranched alkanes of at least 4 members (excludes halogenated alkanes) is 1. The second-order valence-electron chi connectivity index (χ2n) is 13.5. The fraction of sp³-hybridized carbons (Fsp3) is 0.375. The van der Waals surface area contributed by atoms with Crippen LogP contribution in [0.25, 0.3) is 11.1 Å². The molecule has 11 nitrogen and oxygen atoms in total. The maximum Gasteiger partial charge on any atom is 0.245 e. The first-order valence-corrected chi connectivity index (χ1v) is 17.3. The Labute approximate surface area is 301 Å². The molecule has 51 heavy (non-hydrogen) atoms. The van der Waals surface area contributed by atoms with Crippen molar-refractivity contribution in [2.45, 2.75) is 83.0 Å². The van der Waals surface area contributed by atoms with Crippen LogP contribution < -0.4 is 27.4 Å². The van der Waals surface area contributed by atoms with E-state index in [-0.39, 0.29) is 25.2 Å². The molecule has 0 radical (unpaired) electrons. The van der Waals surface area contributed by atoms with Crippen molar-refractivity contribution in [3.63, 3.8) is 0 Å². The van der Waals surface area contributed by atoms with Crippen molar-refractivity contribution in [3.8, 4) is 11.1 Å². The fourth-order valence-corrected chi connectivity index (χ4v) is 5.52. The number of hydrogen-bond donors (Lipinski definition) is 5. The lowest BCUT2D eigenvalue weighted by Crippen LogP contribution is -2.57. The second-order valence-corrected chi connectivity index (χ2v) is 13.5. The summed E-state index contributed by atoms with van der Waals surface area (Å²) in [5, 5.41) is 8.32. The van der Waals surface area contributed by atoms with Gasteiger partial charge in [-0.3, -0.25) is 24.0 Å². The van der Waals surface area contributed by atoms with E-state index in [1.165, 1.54) is 24.9 Å². The van der Waals surface area contributed by atoms with Gasteiger partial charge in [-0.1, -0.05) is 91.0 Å². The van der Waals surface area contributed by atoms with E-state index in [9.17, 15) is 24.0 Å². The predicted molar refractivity (Wildman–Crippen MR) is 200 cm³/mol. The quantitative estimate of drug-likeness (QED) is 0.0948. The number of hydrogen-bond acceptors (Lipinski definition) is 6. The molecule has 0 aliphatic rings. The van der Waals surface area contributed by atoms with Crippen molar-refractivity contribution in [3.05, 3.63) is 108 Å². The summed E-state index contributed by atoms with van der Waals surface area (Å²) >= 11 is 0. The minimum atomic E-state index is -1.03. The highest BCUT2D eigenvalue weighted by Gasteiger charge is 2.34.